The molecule has 0 spiro atoms. The van der Waals surface area contributed by atoms with Gasteiger partial charge in [0, 0.05) is 18.7 Å². The van der Waals surface area contributed by atoms with Crippen LogP contribution in [0.15, 0.2) is 24.3 Å². The summed E-state index contributed by atoms with van der Waals surface area (Å²) in [7, 11) is 0. The van der Waals surface area contributed by atoms with Crippen molar-refractivity contribution in [3.8, 4) is 0 Å². The molecule has 1 aromatic carbocycles. The van der Waals surface area contributed by atoms with Gasteiger partial charge in [-0.05, 0) is 38.4 Å². The number of nitrogens with zero attached hydrogens (tertiary/aromatic N) is 1. The number of ether oxygens (including phenoxy) is 1. The van der Waals surface area contributed by atoms with Gasteiger partial charge in [0.25, 0.3) is 0 Å². The maximum Gasteiger partial charge on any atom is 0.176 e. The molecule has 0 N–H and O–H groups in total. The lowest BCUT2D eigenvalue weighted by molar-refractivity contribution is 0.00718. The highest BCUT2D eigenvalue weighted by Gasteiger charge is 2.22. The van der Waals surface area contributed by atoms with Gasteiger partial charge < -0.3 is 4.74 Å². The van der Waals surface area contributed by atoms with E-state index >= 15 is 0 Å². The Morgan fingerprint density at radius 2 is 2.37 bits per heavy atom. The van der Waals surface area contributed by atoms with Gasteiger partial charge in [-0.1, -0.05) is 12.1 Å². The fraction of sp³-hybridized carbons (Fsp3) is 0.533. The van der Waals surface area contributed by atoms with Crippen LogP contribution >= 0.6 is 0 Å². The molecular weight excluding hydrogens is 245 g/mol. The Kier molecular flexibility index (Phi) is 5.05. The normalized spacial score (nSPS) is 20.4. The van der Waals surface area contributed by atoms with Crippen LogP contribution in [0.3, 0.4) is 0 Å². The second kappa shape index (κ2) is 6.78. The number of carbonyl (C=O) groups is 1. The first-order valence-corrected chi connectivity index (χ1v) is 6.81. The number of hydrogen-bond acceptors (Lipinski definition) is 3. The van der Waals surface area contributed by atoms with Gasteiger partial charge in [0.1, 0.15) is 5.82 Å². The average Bonchev–Trinajstić information content (AvgIpc) is 2.39. The van der Waals surface area contributed by atoms with E-state index in [2.05, 4.69) is 4.90 Å². The molecule has 19 heavy (non-hydrogen) atoms. The maximum absolute atomic E-state index is 13.1. The molecular formula is C15H20FNO2. The molecule has 1 atom stereocenters. The Bertz CT molecular complexity index is 434. The van der Waals surface area contributed by atoms with Crippen molar-refractivity contribution in [2.45, 2.75) is 25.9 Å². The van der Waals surface area contributed by atoms with Crippen molar-refractivity contribution < 1.29 is 13.9 Å². The second-order valence-electron chi connectivity index (χ2n) is 4.89. The molecule has 1 aromatic rings. The van der Waals surface area contributed by atoms with Gasteiger partial charge in [0.2, 0.25) is 0 Å². The van der Waals surface area contributed by atoms with Gasteiger partial charge in [-0.15, -0.1) is 0 Å². The Hall–Kier alpha value is -1.26. The van der Waals surface area contributed by atoms with E-state index in [1.54, 1.807) is 12.1 Å². The molecule has 0 saturated carbocycles. The first-order chi connectivity index (χ1) is 9.19. The largest absolute Gasteiger partial charge is 0.377 e. The molecule has 0 amide bonds. The van der Waals surface area contributed by atoms with Crippen LogP contribution in [-0.2, 0) is 4.74 Å². The van der Waals surface area contributed by atoms with Gasteiger partial charge in [-0.3, -0.25) is 9.69 Å². The molecule has 1 heterocycles. The van der Waals surface area contributed by atoms with Crippen molar-refractivity contribution in [3.05, 3.63) is 35.6 Å². The number of Topliss-reactive ketones (excluding diaryl/α,β-unsaturated/α-hetero) is 1. The van der Waals surface area contributed by atoms with Crippen molar-refractivity contribution >= 4 is 5.78 Å². The highest BCUT2D eigenvalue weighted by Crippen LogP contribution is 2.14. The van der Waals surface area contributed by atoms with Gasteiger partial charge in [0.05, 0.1) is 12.6 Å². The first-order valence-electron chi connectivity index (χ1n) is 6.81. The van der Waals surface area contributed by atoms with Crippen LogP contribution in [0.2, 0.25) is 0 Å². The molecule has 0 aliphatic carbocycles. The lowest BCUT2D eigenvalue weighted by Crippen LogP contribution is -2.42. The van der Waals surface area contributed by atoms with E-state index in [1.807, 2.05) is 6.92 Å². The van der Waals surface area contributed by atoms with Gasteiger partial charge in [-0.25, -0.2) is 4.39 Å². The number of hydrogen-bond donors (Lipinski definition) is 0. The zero-order valence-electron chi connectivity index (χ0n) is 11.3. The molecule has 4 heteroatoms. The van der Waals surface area contributed by atoms with E-state index in [9.17, 15) is 9.18 Å². The van der Waals surface area contributed by atoms with Crippen molar-refractivity contribution in [2.24, 2.45) is 0 Å². The number of carbonyl (C=O) groups excluding carboxylic acids is 1. The lowest BCUT2D eigenvalue weighted by atomic mass is 10.1. The van der Waals surface area contributed by atoms with Crippen LogP contribution in [0.4, 0.5) is 4.39 Å². The van der Waals surface area contributed by atoms with Crippen LogP contribution in [0.25, 0.3) is 0 Å². The zero-order chi connectivity index (χ0) is 13.7. The minimum Gasteiger partial charge on any atom is -0.377 e. The van der Waals surface area contributed by atoms with Crippen molar-refractivity contribution in [1.29, 1.82) is 0 Å². The summed E-state index contributed by atoms with van der Waals surface area (Å²) in [6.07, 6.45) is 2.32. The summed E-state index contributed by atoms with van der Waals surface area (Å²) >= 11 is 0. The van der Waals surface area contributed by atoms with E-state index in [1.165, 1.54) is 12.1 Å². The van der Waals surface area contributed by atoms with Crippen LogP contribution in [-0.4, -0.2) is 43.0 Å². The highest BCUT2D eigenvalue weighted by atomic mass is 19.1. The zero-order valence-corrected chi connectivity index (χ0v) is 11.3. The number of piperidine rings is 1. The van der Waals surface area contributed by atoms with Gasteiger partial charge >= 0.3 is 0 Å². The smallest absolute Gasteiger partial charge is 0.176 e. The molecule has 1 aliphatic rings. The average molecular weight is 265 g/mol. The maximum atomic E-state index is 13.1. The summed E-state index contributed by atoms with van der Waals surface area (Å²) in [4.78, 5) is 14.2. The Morgan fingerprint density at radius 1 is 1.53 bits per heavy atom. The van der Waals surface area contributed by atoms with E-state index in [0.29, 0.717) is 18.7 Å². The molecule has 0 bridgehead atoms. The molecule has 0 aromatic heterocycles. The molecule has 0 radical (unpaired) electrons. The number of ketones is 1. The van der Waals surface area contributed by atoms with E-state index < -0.39 is 0 Å². The van der Waals surface area contributed by atoms with Gasteiger partial charge in [0.15, 0.2) is 5.78 Å². The second-order valence-corrected chi connectivity index (χ2v) is 4.89. The van der Waals surface area contributed by atoms with Crippen molar-refractivity contribution in [2.75, 3.05) is 26.2 Å². The first kappa shape index (κ1) is 14.2. The van der Waals surface area contributed by atoms with E-state index in [0.717, 1.165) is 25.9 Å². The predicted octanol–water partition coefficient (Wildman–Crippen LogP) is 2.51. The predicted molar refractivity (Wildman–Crippen MR) is 71.8 cm³/mol. The minimum atomic E-state index is -0.364. The van der Waals surface area contributed by atoms with Crippen molar-refractivity contribution in [3.63, 3.8) is 0 Å². The molecule has 1 saturated heterocycles. The summed E-state index contributed by atoms with van der Waals surface area (Å²) in [6.45, 7) is 4.72. The fourth-order valence-electron chi connectivity index (χ4n) is 2.48. The number of benzene rings is 1. The Labute approximate surface area is 113 Å². The summed E-state index contributed by atoms with van der Waals surface area (Å²) < 4.78 is 18.7. The summed E-state index contributed by atoms with van der Waals surface area (Å²) in [5.41, 5.74) is 0.443. The summed E-state index contributed by atoms with van der Waals surface area (Å²) in [5.74, 6) is -0.395. The van der Waals surface area contributed by atoms with Crippen LogP contribution < -0.4 is 0 Å². The van der Waals surface area contributed by atoms with Gasteiger partial charge in [-0.2, -0.15) is 0 Å². The number of likely N-dealkylation sites (tertiary alicyclic amines) is 1. The lowest BCUT2D eigenvalue weighted by Gasteiger charge is -2.31. The highest BCUT2D eigenvalue weighted by molar-refractivity contribution is 5.97. The van der Waals surface area contributed by atoms with E-state index in [4.69, 9.17) is 4.74 Å². The minimum absolute atomic E-state index is 0.0309. The van der Waals surface area contributed by atoms with Crippen LogP contribution in [0, 0.1) is 5.82 Å². The monoisotopic (exact) mass is 265 g/mol. The van der Waals surface area contributed by atoms with Crippen LogP contribution in [0.5, 0.6) is 0 Å². The fourth-order valence-corrected chi connectivity index (χ4v) is 2.48. The third-order valence-corrected chi connectivity index (χ3v) is 3.38. The third-order valence-electron chi connectivity index (χ3n) is 3.38. The number of halogens is 1. The summed E-state index contributed by atoms with van der Waals surface area (Å²) in [5, 5.41) is 0. The SMILES string of the molecule is CCOC1CCCN(CC(=O)c2cccc(F)c2)C1. The molecule has 104 valence electrons. The van der Waals surface area contributed by atoms with E-state index in [-0.39, 0.29) is 17.7 Å². The number of rotatable bonds is 5. The third kappa shape index (κ3) is 4.11. The quantitative estimate of drug-likeness (QED) is 0.766. The molecule has 2 rings (SSSR count). The molecule has 1 fully saturated rings. The van der Waals surface area contributed by atoms with Crippen LogP contribution in [0.1, 0.15) is 30.1 Å². The molecule has 1 aliphatic heterocycles. The Morgan fingerprint density at radius 3 is 3.11 bits per heavy atom. The summed E-state index contributed by atoms with van der Waals surface area (Å²) in [6, 6.07) is 5.88. The molecule has 1 unspecified atom stereocenters. The Balaban J connectivity index is 1.91. The molecule has 3 nitrogen and oxygen atoms in total. The standard InChI is InChI=1S/C15H20FNO2/c1-2-19-14-7-4-8-17(10-14)11-15(18)12-5-3-6-13(16)9-12/h3,5-6,9,14H,2,4,7-8,10-11H2,1H3. The topological polar surface area (TPSA) is 29.5 Å². The van der Waals surface area contributed by atoms with Crippen molar-refractivity contribution in [1.82, 2.24) is 4.90 Å².